The van der Waals surface area contributed by atoms with Crippen molar-refractivity contribution >= 4 is 27.1 Å². The third-order valence-electron chi connectivity index (χ3n) is 3.19. The van der Waals surface area contributed by atoms with E-state index in [-0.39, 0.29) is 11.5 Å². The Balaban J connectivity index is 2.39. The van der Waals surface area contributed by atoms with Gasteiger partial charge in [-0.25, -0.2) is 8.42 Å². The molecular weight excluding hydrogens is 282 g/mol. The normalized spacial score (nSPS) is 19.9. The highest BCUT2D eigenvalue weighted by Crippen LogP contribution is 2.28. The number of sulfone groups is 1. The van der Waals surface area contributed by atoms with Gasteiger partial charge < -0.3 is 21.1 Å². The fraction of sp³-hybridized carbons (Fsp3) is 0.417. The molecule has 1 aromatic rings. The molecule has 0 aliphatic carbocycles. The number of primary amides is 1. The summed E-state index contributed by atoms with van der Waals surface area (Å²) in [6, 6.07) is 3.84. The molecule has 1 heterocycles. The molecule has 0 radical (unpaired) electrons. The van der Waals surface area contributed by atoms with Crippen LogP contribution in [0.1, 0.15) is 0 Å². The van der Waals surface area contributed by atoms with Crippen LogP contribution < -0.4 is 16.4 Å². The van der Waals surface area contributed by atoms with Gasteiger partial charge in [-0.2, -0.15) is 0 Å². The summed E-state index contributed by atoms with van der Waals surface area (Å²) in [6.45, 7) is 1.12. The summed E-state index contributed by atoms with van der Waals surface area (Å²) in [5, 5.41) is 0. The van der Waals surface area contributed by atoms with Crippen molar-refractivity contribution in [3.8, 4) is 0 Å². The van der Waals surface area contributed by atoms with Crippen molar-refractivity contribution in [2.45, 2.75) is 10.9 Å². The highest BCUT2D eigenvalue weighted by Gasteiger charge is 2.29. The molecule has 1 unspecified atom stereocenters. The summed E-state index contributed by atoms with van der Waals surface area (Å²) in [4.78, 5) is 13.3. The number of ether oxygens (including phenoxy) is 1. The first kappa shape index (κ1) is 14.6. The van der Waals surface area contributed by atoms with Crippen molar-refractivity contribution in [2.24, 2.45) is 5.73 Å². The van der Waals surface area contributed by atoms with E-state index in [9.17, 15) is 13.2 Å². The number of nitrogens with two attached hydrogens (primary N) is 2. The number of benzene rings is 1. The second-order valence-corrected chi connectivity index (χ2v) is 6.69. The number of carbonyl (C=O) groups is 1. The number of hydrogen-bond acceptors (Lipinski definition) is 6. The Kier molecular flexibility index (Phi) is 3.87. The first-order chi connectivity index (χ1) is 9.30. The second-order valence-electron chi connectivity index (χ2n) is 4.68. The van der Waals surface area contributed by atoms with Gasteiger partial charge in [0.25, 0.3) is 0 Å². The van der Waals surface area contributed by atoms with Gasteiger partial charge in [0.1, 0.15) is 6.04 Å². The largest absolute Gasteiger partial charge is 0.397 e. The molecule has 0 bridgehead atoms. The number of carbonyl (C=O) groups excluding carboxylic acids is 1. The molecule has 2 rings (SSSR count). The van der Waals surface area contributed by atoms with Crippen LogP contribution >= 0.6 is 0 Å². The molecule has 1 aliphatic rings. The molecule has 110 valence electrons. The minimum absolute atomic E-state index is 0.141. The third kappa shape index (κ3) is 2.86. The van der Waals surface area contributed by atoms with Crippen molar-refractivity contribution in [1.82, 2.24) is 0 Å². The highest BCUT2D eigenvalue weighted by molar-refractivity contribution is 7.90. The van der Waals surface area contributed by atoms with Gasteiger partial charge in [0.2, 0.25) is 5.91 Å². The Bertz CT molecular complexity index is 630. The standard InChI is InChI=1S/C12H17N3O4S/c1-20(17,18)8-2-3-10(9(13)6-8)15-4-5-19-7-11(15)12(14)16/h2-3,6,11H,4-5,7,13H2,1H3,(H2,14,16). The second kappa shape index (κ2) is 5.29. The van der Waals surface area contributed by atoms with Gasteiger partial charge in [-0.3, -0.25) is 4.79 Å². The van der Waals surface area contributed by atoms with Gasteiger partial charge >= 0.3 is 0 Å². The van der Waals surface area contributed by atoms with Crippen LogP contribution in [0.5, 0.6) is 0 Å². The number of amides is 1. The predicted octanol–water partition coefficient (Wildman–Crippen LogP) is -0.637. The Morgan fingerprint density at radius 2 is 2.15 bits per heavy atom. The van der Waals surface area contributed by atoms with E-state index in [2.05, 4.69) is 0 Å². The maximum Gasteiger partial charge on any atom is 0.242 e. The lowest BCUT2D eigenvalue weighted by molar-refractivity contribution is -0.121. The zero-order valence-corrected chi connectivity index (χ0v) is 11.9. The summed E-state index contributed by atoms with van der Waals surface area (Å²) in [7, 11) is -3.32. The molecule has 7 nitrogen and oxygen atoms in total. The van der Waals surface area contributed by atoms with Gasteiger partial charge in [0.05, 0.1) is 29.5 Å². The van der Waals surface area contributed by atoms with Crippen LogP contribution in [0.25, 0.3) is 0 Å². The van der Waals surface area contributed by atoms with Gasteiger partial charge in [-0.05, 0) is 18.2 Å². The lowest BCUT2D eigenvalue weighted by Gasteiger charge is -2.36. The van der Waals surface area contributed by atoms with Crippen LogP contribution in [-0.4, -0.2) is 46.4 Å². The predicted molar refractivity (Wildman–Crippen MR) is 75.1 cm³/mol. The molecule has 0 saturated carbocycles. The summed E-state index contributed by atoms with van der Waals surface area (Å²) in [5.74, 6) is -0.503. The average molecular weight is 299 g/mol. The van der Waals surface area contributed by atoms with Crippen LogP contribution in [0.2, 0.25) is 0 Å². The minimum Gasteiger partial charge on any atom is -0.397 e. The fourth-order valence-corrected chi connectivity index (χ4v) is 2.81. The first-order valence-corrected chi connectivity index (χ1v) is 7.93. The molecule has 1 aliphatic heterocycles. The number of nitrogen functional groups attached to an aromatic ring is 1. The van der Waals surface area contributed by atoms with E-state index in [0.29, 0.717) is 24.5 Å². The molecule has 0 aromatic heterocycles. The maximum absolute atomic E-state index is 11.5. The monoisotopic (exact) mass is 299 g/mol. The van der Waals surface area contributed by atoms with Crippen LogP contribution in [0.4, 0.5) is 11.4 Å². The van der Waals surface area contributed by atoms with E-state index in [0.717, 1.165) is 6.26 Å². The van der Waals surface area contributed by atoms with Gasteiger partial charge in [0, 0.05) is 12.8 Å². The molecule has 8 heteroatoms. The quantitative estimate of drug-likeness (QED) is 0.717. The van der Waals surface area contributed by atoms with Crippen molar-refractivity contribution < 1.29 is 17.9 Å². The number of rotatable bonds is 3. The molecule has 20 heavy (non-hydrogen) atoms. The Labute approximate surface area is 117 Å². The first-order valence-electron chi connectivity index (χ1n) is 6.04. The lowest BCUT2D eigenvalue weighted by Crippen LogP contribution is -2.52. The third-order valence-corrected chi connectivity index (χ3v) is 4.30. The van der Waals surface area contributed by atoms with Crippen molar-refractivity contribution in [3.05, 3.63) is 18.2 Å². The molecule has 1 aromatic carbocycles. The number of morpholine rings is 1. The highest BCUT2D eigenvalue weighted by atomic mass is 32.2. The number of nitrogens with zero attached hydrogens (tertiary/aromatic N) is 1. The molecule has 1 amide bonds. The Morgan fingerprint density at radius 3 is 2.70 bits per heavy atom. The van der Waals surface area contributed by atoms with Crippen molar-refractivity contribution in [2.75, 3.05) is 36.6 Å². The smallest absolute Gasteiger partial charge is 0.242 e. The van der Waals surface area contributed by atoms with Crippen LogP contribution in [0.3, 0.4) is 0 Å². The van der Waals surface area contributed by atoms with E-state index >= 15 is 0 Å². The van der Waals surface area contributed by atoms with Crippen molar-refractivity contribution in [3.63, 3.8) is 0 Å². The lowest BCUT2D eigenvalue weighted by atomic mass is 10.1. The fourth-order valence-electron chi connectivity index (χ4n) is 2.15. The SMILES string of the molecule is CS(=O)(=O)c1ccc(N2CCOCC2C(N)=O)c(N)c1. The summed E-state index contributed by atoms with van der Waals surface area (Å²) >= 11 is 0. The van der Waals surface area contributed by atoms with Crippen LogP contribution in [0, 0.1) is 0 Å². The summed E-state index contributed by atoms with van der Waals surface area (Å²) in [5.41, 5.74) is 12.1. The number of hydrogen-bond donors (Lipinski definition) is 2. The molecule has 1 atom stereocenters. The Hall–Kier alpha value is -1.80. The number of anilines is 2. The topological polar surface area (TPSA) is 116 Å². The van der Waals surface area contributed by atoms with E-state index in [1.807, 2.05) is 0 Å². The van der Waals surface area contributed by atoms with E-state index < -0.39 is 21.8 Å². The zero-order chi connectivity index (χ0) is 14.9. The van der Waals surface area contributed by atoms with E-state index in [1.165, 1.54) is 12.1 Å². The maximum atomic E-state index is 11.5. The van der Waals surface area contributed by atoms with Crippen molar-refractivity contribution in [1.29, 1.82) is 0 Å². The average Bonchev–Trinajstić information content (AvgIpc) is 2.37. The molecule has 1 saturated heterocycles. The van der Waals surface area contributed by atoms with E-state index in [4.69, 9.17) is 16.2 Å². The molecule has 0 spiro atoms. The summed E-state index contributed by atoms with van der Waals surface area (Å²) in [6.07, 6.45) is 1.11. The Morgan fingerprint density at radius 1 is 1.45 bits per heavy atom. The minimum atomic E-state index is -3.32. The summed E-state index contributed by atoms with van der Waals surface area (Å²) < 4.78 is 28.2. The van der Waals surface area contributed by atoms with E-state index in [1.54, 1.807) is 11.0 Å². The molecule has 4 N–H and O–H groups in total. The van der Waals surface area contributed by atoms with Gasteiger partial charge in [-0.1, -0.05) is 0 Å². The zero-order valence-electron chi connectivity index (χ0n) is 11.1. The molecule has 1 fully saturated rings. The van der Waals surface area contributed by atoms with Gasteiger partial charge in [-0.15, -0.1) is 0 Å². The van der Waals surface area contributed by atoms with Crippen LogP contribution in [0.15, 0.2) is 23.1 Å². The van der Waals surface area contributed by atoms with Gasteiger partial charge in [0.15, 0.2) is 9.84 Å². The molecular formula is C12H17N3O4S. The van der Waals surface area contributed by atoms with Crippen LogP contribution in [-0.2, 0) is 19.4 Å².